The number of benzene rings is 1. The predicted molar refractivity (Wildman–Crippen MR) is 117 cm³/mol. The van der Waals surface area contributed by atoms with Crippen LogP contribution in [0.25, 0.3) is 5.69 Å². The zero-order chi connectivity index (χ0) is 20.3. The third-order valence-corrected chi connectivity index (χ3v) is 8.60. The molecule has 0 aliphatic heterocycles. The maximum Gasteiger partial charge on any atom is 0.250 e. The number of thiophene rings is 1. The van der Waals surface area contributed by atoms with Crippen molar-refractivity contribution in [1.29, 1.82) is 0 Å². The number of nitrogens with one attached hydrogen (secondary N) is 1. The van der Waals surface area contributed by atoms with E-state index in [0.717, 1.165) is 35.6 Å². The van der Waals surface area contributed by atoms with Gasteiger partial charge in [-0.1, -0.05) is 68.1 Å². The molecule has 4 nitrogen and oxygen atoms in total. The molecule has 0 radical (unpaired) electrons. The molecule has 2 aromatic heterocycles. The van der Waals surface area contributed by atoms with Gasteiger partial charge >= 0.3 is 0 Å². The van der Waals surface area contributed by atoms with Crippen molar-refractivity contribution in [3.8, 4) is 5.69 Å². The van der Waals surface area contributed by atoms with E-state index in [-0.39, 0.29) is 25.5 Å². The normalized spacial score (nSPS) is 13.2. The summed E-state index contributed by atoms with van der Waals surface area (Å²) in [6.07, 6.45) is 3.64. The summed E-state index contributed by atoms with van der Waals surface area (Å²) in [6, 6.07) is 14.8. The molecule has 8 heteroatoms. The average Bonchev–Trinajstić information content (AvgIpc) is 3.30. The van der Waals surface area contributed by atoms with Gasteiger partial charge in [0.1, 0.15) is 8.55 Å². The van der Waals surface area contributed by atoms with Crippen molar-refractivity contribution in [2.24, 2.45) is 5.92 Å². The molecule has 0 aliphatic rings. The molecule has 0 bridgehead atoms. The number of para-hydroxylation sites is 1. The minimum atomic E-state index is -3.77. The molecule has 3 rings (SSSR count). The SMILES string of the molecule is CCC(CC)C(NS(=O)(=O)c1cc(Cl)c(Cl)s1)c1cccn1-c1ccccc1. The lowest BCUT2D eigenvalue weighted by atomic mass is 9.92. The van der Waals surface area contributed by atoms with Crippen LogP contribution in [0.3, 0.4) is 0 Å². The molecular weight excluding hydrogens is 435 g/mol. The van der Waals surface area contributed by atoms with Crippen LogP contribution in [0, 0.1) is 5.92 Å². The van der Waals surface area contributed by atoms with Gasteiger partial charge in [-0.3, -0.25) is 0 Å². The van der Waals surface area contributed by atoms with Gasteiger partial charge in [-0.25, -0.2) is 13.1 Å². The van der Waals surface area contributed by atoms with Crippen molar-refractivity contribution in [3.05, 3.63) is 69.8 Å². The van der Waals surface area contributed by atoms with Gasteiger partial charge in [-0.05, 0) is 36.2 Å². The van der Waals surface area contributed by atoms with E-state index in [1.165, 1.54) is 6.07 Å². The zero-order valence-electron chi connectivity index (χ0n) is 15.6. The van der Waals surface area contributed by atoms with E-state index in [1.807, 2.05) is 53.2 Å². The topological polar surface area (TPSA) is 51.1 Å². The molecule has 0 fully saturated rings. The van der Waals surface area contributed by atoms with Crippen LogP contribution in [-0.4, -0.2) is 13.0 Å². The minimum absolute atomic E-state index is 0.122. The first-order valence-electron chi connectivity index (χ1n) is 9.07. The summed E-state index contributed by atoms with van der Waals surface area (Å²) < 4.78 is 31.5. The van der Waals surface area contributed by atoms with Crippen LogP contribution in [0.5, 0.6) is 0 Å². The van der Waals surface area contributed by atoms with Crippen LogP contribution < -0.4 is 4.72 Å². The Morgan fingerprint density at radius 2 is 1.75 bits per heavy atom. The smallest absolute Gasteiger partial charge is 0.250 e. The number of hydrogen-bond donors (Lipinski definition) is 1. The third-order valence-electron chi connectivity index (χ3n) is 4.82. The van der Waals surface area contributed by atoms with Gasteiger partial charge in [-0.2, -0.15) is 0 Å². The fourth-order valence-electron chi connectivity index (χ4n) is 3.31. The van der Waals surface area contributed by atoms with Crippen molar-refractivity contribution in [2.45, 2.75) is 36.9 Å². The fourth-order valence-corrected chi connectivity index (χ4v) is 6.49. The average molecular weight is 457 g/mol. The van der Waals surface area contributed by atoms with Gasteiger partial charge in [0, 0.05) is 17.6 Å². The van der Waals surface area contributed by atoms with Crippen LogP contribution in [-0.2, 0) is 10.0 Å². The molecule has 0 saturated carbocycles. The molecule has 2 heterocycles. The summed E-state index contributed by atoms with van der Waals surface area (Å²) in [5, 5.41) is 0.249. The molecule has 1 unspecified atom stereocenters. The van der Waals surface area contributed by atoms with E-state index in [2.05, 4.69) is 18.6 Å². The summed E-state index contributed by atoms with van der Waals surface area (Å²) in [5.41, 5.74) is 1.89. The molecule has 0 aliphatic carbocycles. The van der Waals surface area contributed by atoms with Gasteiger partial charge in [-0.15, -0.1) is 11.3 Å². The zero-order valence-corrected chi connectivity index (χ0v) is 18.7. The van der Waals surface area contributed by atoms with E-state index in [9.17, 15) is 8.42 Å². The fraction of sp³-hybridized carbons (Fsp3) is 0.300. The second-order valence-corrected chi connectivity index (χ2v) is 10.5. The molecule has 3 aromatic rings. The van der Waals surface area contributed by atoms with E-state index >= 15 is 0 Å². The lowest BCUT2D eigenvalue weighted by Gasteiger charge is -2.27. The Morgan fingerprint density at radius 3 is 2.32 bits per heavy atom. The highest BCUT2D eigenvalue weighted by molar-refractivity contribution is 7.91. The molecule has 0 spiro atoms. The summed E-state index contributed by atoms with van der Waals surface area (Å²) in [7, 11) is -3.77. The molecule has 0 amide bonds. The number of rotatable bonds is 8. The first-order chi connectivity index (χ1) is 13.4. The molecule has 1 aromatic carbocycles. The Morgan fingerprint density at radius 1 is 1.07 bits per heavy atom. The second-order valence-electron chi connectivity index (χ2n) is 6.50. The molecule has 0 saturated heterocycles. The molecule has 150 valence electrons. The van der Waals surface area contributed by atoms with Crippen molar-refractivity contribution in [1.82, 2.24) is 9.29 Å². The summed E-state index contributed by atoms with van der Waals surface area (Å²) >= 11 is 12.9. The van der Waals surface area contributed by atoms with Gasteiger partial charge < -0.3 is 4.57 Å². The molecular formula is C20H22Cl2N2O2S2. The van der Waals surface area contributed by atoms with Crippen molar-refractivity contribution >= 4 is 44.6 Å². The number of nitrogens with zero attached hydrogens (tertiary/aromatic N) is 1. The predicted octanol–water partition coefficient (Wildman–Crippen LogP) is 6.30. The number of sulfonamides is 1. The number of aromatic nitrogens is 1. The van der Waals surface area contributed by atoms with E-state index in [0.29, 0.717) is 0 Å². The molecule has 1 atom stereocenters. The van der Waals surface area contributed by atoms with Crippen LogP contribution in [0.15, 0.2) is 58.9 Å². The van der Waals surface area contributed by atoms with Gasteiger partial charge in [0.15, 0.2) is 0 Å². The van der Waals surface area contributed by atoms with Crippen molar-refractivity contribution in [3.63, 3.8) is 0 Å². The highest BCUT2D eigenvalue weighted by Crippen LogP contribution is 2.36. The molecule has 28 heavy (non-hydrogen) atoms. The van der Waals surface area contributed by atoms with Crippen LogP contribution in [0.1, 0.15) is 38.4 Å². The Balaban J connectivity index is 2.03. The maximum atomic E-state index is 13.1. The maximum absolute atomic E-state index is 13.1. The number of halogens is 2. The number of hydrogen-bond acceptors (Lipinski definition) is 3. The Labute approximate surface area is 180 Å². The van der Waals surface area contributed by atoms with E-state index in [1.54, 1.807) is 0 Å². The summed E-state index contributed by atoms with van der Waals surface area (Å²) in [4.78, 5) is 0. The highest BCUT2D eigenvalue weighted by atomic mass is 35.5. The van der Waals surface area contributed by atoms with Crippen LogP contribution in [0.2, 0.25) is 9.36 Å². The lowest BCUT2D eigenvalue weighted by molar-refractivity contribution is 0.369. The van der Waals surface area contributed by atoms with Gasteiger partial charge in [0.05, 0.1) is 11.1 Å². The quantitative estimate of drug-likeness (QED) is 0.432. The molecule has 1 N–H and O–H groups in total. The van der Waals surface area contributed by atoms with E-state index < -0.39 is 10.0 Å². The standard InChI is InChI=1S/C20H22Cl2N2O2S2/c1-3-14(4-2)19(23-28(25,26)18-13-16(21)20(22)27-18)17-11-8-12-24(17)15-9-6-5-7-10-15/h5-14,19,23H,3-4H2,1-2H3. The lowest BCUT2D eigenvalue weighted by Crippen LogP contribution is -2.34. The first kappa shape index (κ1) is 21.4. The summed E-state index contributed by atoms with van der Waals surface area (Å²) in [6.45, 7) is 4.15. The largest absolute Gasteiger partial charge is 0.319 e. The van der Waals surface area contributed by atoms with Gasteiger partial charge in [0.2, 0.25) is 0 Å². The second kappa shape index (κ2) is 9.01. The monoisotopic (exact) mass is 456 g/mol. The highest BCUT2D eigenvalue weighted by Gasteiger charge is 2.30. The Kier molecular flexibility index (Phi) is 6.89. The van der Waals surface area contributed by atoms with Crippen LogP contribution in [0.4, 0.5) is 0 Å². The Bertz CT molecular complexity index is 1010. The first-order valence-corrected chi connectivity index (χ1v) is 12.1. The summed E-state index contributed by atoms with van der Waals surface area (Å²) in [5.74, 6) is 0.137. The van der Waals surface area contributed by atoms with Crippen molar-refractivity contribution in [2.75, 3.05) is 0 Å². The van der Waals surface area contributed by atoms with Crippen molar-refractivity contribution < 1.29 is 8.42 Å². The van der Waals surface area contributed by atoms with Crippen LogP contribution >= 0.6 is 34.5 Å². The minimum Gasteiger partial charge on any atom is -0.319 e. The Hall–Kier alpha value is -1.31. The van der Waals surface area contributed by atoms with E-state index in [4.69, 9.17) is 23.2 Å². The third kappa shape index (κ3) is 4.47. The van der Waals surface area contributed by atoms with Gasteiger partial charge in [0.25, 0.3) is 10.0 Å².